The van der Waals surface area contributed by atoms with E-state index in [1.807, 2.05) is 60.2 Å². The Bertz CT molecular complexity index is 2300. The van der Waals surface area contributed by atoms with Crippen molar-refractivity contribution in [2.24, 2.45) is 5.92 Å². The number of hydrogen-bond acceptors (Lipinski definition) is 9. The van der Waals surface area contributed by atoms with Crippen molar-refractivity contribution in [1.82, 2.24) is 25.3 Å². The minimum atomic E-state index is -5.08. The predicted molar refractivity (Wildman–Crippen MR) is 198 cm³/mol. The van der Waals surface area contributed by atoms with Crippen molar-refractivity contribution in [3.8, 4) is 0 Å². The molecule has 54 heavy (non-hydrogen) atoms. The van der Waals surface area contributed by atoms with Gasteiger partial charge in [-0.15, -0.1) is 5.10 Å². The van der Waals surface area contributed by atoms with E-state index in [1.54, 1.807) is 6.07 Å². The smallest absolute Gasteiger partial charge is 0.475 e. The number of fused-ring (bicyclic) bond motifs is 6. The molecule has 0 radical (unpaired) electrons. The van der Waals surface area contributed by atoms with Crippen LogP contribution in [0.5, 0.6) is 0 Å². The van der Waals surface area contributed by atoms with Gasteiger partial charge in [-0.05, 0) is 86.3 Å². The zero-order valence-corrected chi connectivity index (χ0v) is 30.4. The van der Waals surface area contributed by atoms with Crippen molar-refractivity contribution < 1.29 is 32.3 Å². The number of halogens is 4. The van der Waals surface area contributed by atoms with Crippen LogP contribution in [0.15, 0.2) is 69.5 Å². The molecule has 1 amide bonds. The molecule has 3 aromatic heterocycles. The van der Waals surface area contributed by atoms with Gasteiger partial charge in [0.2, 0.25) is 5.91 Å². The van der Waals surface area contributed by atoms with Crippen LogP contribution in [-0.4, -0.2) is 57.2 Å². The van der Waals surface area contributed by atoms with Gasteiger partial charge in [0.05, 0.1) is 24.7 Å². The van der Waals surface area contributed by atoms with Crippen LogP contribution in [0, 0.1) is 5.92 Å². The maximum absolute atomic E-state index is 12.8. The van der Waals surface area contributed by atoms with E-state index >= 15 is 0 Å². The third-order valence-corrected chi connectivity index (χ3v) is 9.88. The summed E-state index contributed by atoms with van der Waals surface area (Å²) in [5, 5.41) is 21.0. The van der Waals surface area contributed by atoms with Crippen molar-refractivity contribution in [3.05, 3.63) is 98.3 Å². The number of nitrogens with one attached hydrogen (secondary N) is 1. The summed E-state index contributed by atoms with van der Waals surface area (Å²) in [6.07, 6.45) is 5.52. The van der Waals surface area contributed by atoms with Crippen LogP contribution in [0.2, 0.25) is 5.02 Å². The van der Waals surface area contributed by atoms with Gasteiger partial charge in [0.25, 0.3) is 0 Å². The highest BCUT2D eigenvalue weighted by Crippen LogP contribution is 2.47. The molecular weight excluding hydrogens is 727 g/mol. The van der Waals surface area contributed by atoms with Crippen molar-refractivity contribution in [3.63, 3.8) is 0 Å². The van der Waals surface area contributed by atoms with Crippen LogP contribution in [0.1, 0.15) is 60.5 Å². The first kappa shape index (κ1) is 38.3. The maximum Gasteiger partial charge on any atom is 0.490 e. The number of allylic oxidation sites excluding steroid dienone is 2. The molecule has 7 rings (SSSR count). The minimum Gasteiger partial charge on any atom is -0.475 e. The highest BCUT2D eigenvalue weighted by molar-refractivity contribution is 6.31. The van der Waals surface area contributed by atoms with Crippen molar-refractivity contribution in [1.29, 1.82) is 0 Å². The molecule has 2 aliphatic carbocycles. The number of carboxylic acids is 1. The van der Waals surface area contributed by atoms with Crippen molar-refractivity contribution in [2.45, 2.75) is 70.1 Å². The molecule has 16 heteroatoms. The van der Waals surface area contributed by atoms with Gasteiger partial charge in [0.1, 0.15) is 11.3 Å². The molecule has 2 atom stereocenters. The summed E-state index contributed by atoms with van der Waals surface area (Å²) < 4.78 is 39.0. The number of anilines is 2. The Hall–Kier alpha value is -5.44. The zero-order valence-electron chi connectivity index (χ0n) is 29.6. The molecule has 0 saturated carbocycles. The summed E-state index contributed by atoms with van der Waals surface area (Å²) in [7, 11) is 3.83. The Morgan fingerprint density at radius 2 is 1.87 bits per heavy atom. The number of carboxylic acid groups (broad SMARTS) is 1. The van der Waals surface area contributed by atoms with Crippen LogP contribution in [0.25, 0.3) is 21.9 Å². The minimum absolute atomic E-state index is 0.0647. The quantitative estimate of drug-likeness (QED) is 0.0803. The highest BCUT2D eigenvalue weighted by Gasteiger charge is 2.38. The number of hydrogen-bond donors (Lipinski definition) is 3. The Morgan fingerprint density at radius 3 is 2.61 bits per heavy atom. The number of aromatic nitrogens is 4. The summed E-state index contributed by atoms with van der Waals surface area (Å²) in [5.41, 5.74) is 14.6. The van der Waals surface area contributed by atoms with Crippen LogP contribution in [0.3, 0.4) is 0 Å². The lowest BCUT2D eigenvalue weighted by molar-refractivity contribution is -0.192. The van der Waals surface area contributed by atoms with Gasteiger partial charge in [0.15, 0.2) is 0 Å². The Balaban J connectivity index is 0.000000649. The summed E-state index contributed by atoms with van der Waals surface area (Å²) >= 11 is 6.22. The van der Waals surface area contributed by atoms with Crippen LogP contribution < -0.4 is 21.6 Å². The molecule has 0 saturated heterocycles. The van der Waals surface area contributed by atoms with E-state index in [0.29, 0.717) is 33.7 Å². The zero-order chi connectivity index (χ0) is 38.7. The summed E-state index contributed by atoms with van der Waals surface area (Å²) in [6.45, 7) is 1.02. The number of rotatable bonds is 10. The number of aliphatic carboxylic acids is 1. The van der Waals surface area contributed by atoms with E-state index in [-0.39, 0.29) is 18.9 Å². The lowest BCUT2D eigenvalue weighted by Crippen LogP contribution is -2.25. The van der Waals surface area contributed by atoms with Gasteiger partial charge >= 0.3 is 17.8 Å². The molecule has 2 aliphatic rings. The second kappa shape index (κ2) is 15.9. The van der Waals surface area contributed by atoms with E-state index in [2.05, 4.69) is 21.7 Å². The Morgan fingerprint density at radius 1 is 1.11 bits per heavy atom. The summed E-state index contributed by atoms with van der Waals surface area (Å²) in [4.78, 5) is 40.7. The second-order valence-electron chi connectivity index (χ2n) is 13.8. The van der Waals surface area contributed by atoms with Gasteiger partial charge < -0.3 is 25.5 Å². The van der Waals surface area contributed by atoms with E-state index in [0.717, 1.165) is 78.4 Å². The SMILES string of the molecule is CN(C)c1ccc2c(CC(=O)NCc3cn(CCCCC4=CC5Cc6nc7cc(Cl)ccc7c(N)c6C(C4)C5)nn3)cc(=O)oc2c1.O=C(O)C(F)(F)F. The third kappa shape index (κ3) is 9.01. The van der Waals surface area contributed by atoms with Crippen LogP contribution in [-0.2, 0) is 35.5 Å². The second-order valence-corrected chi connectivity index (χ2v) is 14.3. The fourth-order valence-corrected chi connectivity index (χ4v) is 7.36. The van der Waals surface area contributed by atoms with E-state index in [4.69, 9.17) is 36.6 Å². The number of carbonyl (C=O) groups is 2. The Kier molecular flexibility index (Phi) is 11.3. The molecule has 0 fully saturated rings. The number of unbranched alkanes of at least 4 members (excludes halogenated alkanes) is 1. The first-order chi connectivity index (χ1) is 25.6. The van der Waals surface area contributed by atoms with E-state index in [9.17, 15) is 22.8 Å². The third-order valence-electron chi connectivity index (χ3n) is 9.65. The van der Waals surface area contributed by atoms with Gasteiger partial charge in [-0.2, -0.15) is 13.2 Å². The normalized spacial score (nSPS) is 16.3. The van der Waals surface area contributed by atoms with Gasteiger partial charge in [0, 0.05) is 71.2 Å². The number of aryl methyl sites for hydroxylation is 1. The van der Waals surface area contributed by atoms with Gasteiger partial charge in [-0.3, -0.25) is 14.5 Å². The average molecular weight is 766 g/mol. The highest BCUT2D eigenvalue weighted by atomic mass is 35.5. The molecule has 284 valence electrons. The molecule has 5 aromatic rings. The lowest BCUT2D eigenvalue weighted by Gasteiger charge is -2.36. The average Bonchev–Trinajstić information content (AvgIpc) is 3.56. The predicted octanol–water partition coefficient (Wildman–Crippen LogP) is 6.57. The van der Waals surface area contributed by atoms with Crippen LogP contribution in [0.4, 0.5) is 24.5 Å². The van der Waals surface area contributed by atoms with Crippen LogP contribution >= 0.6 is 11.6 Å². The molecular formula is C38H39ClF3N7O5. The fraction of sp³-hybridized carbons (Fsp3) is 0.368. The topological polar surface area (TPSA) is 169 Å². The largest absolute Gasteiger partial charge is 0.490 e. The number of nitrogens with two attached hydrogens (primary N) is 1. The molecule has 2 aromatic carbocycles. The number of pyridine rings is 1. The molecule has 2 bridgehead atoms. The standard InChI is InChI=1S/C36H38ClN7O3.C2HF3O2/c1-43(2)27-7-9-28-23(16-34(46)47-32(28)18-27)15-33(45)39-19-26-20-44(42-41-26)10-4-3-5-21-11-22-13-24(12-21)35-31(14-22)40-30-17-25(37)6-8-29(30)36(35)38;3-2(4,5)1(6)7/h6-9,11,16-18,20,22,24H,3-5,10,12-15,19H2,1-2H3,(H2,38,40)(H,39,45);(H,6,7). The number of nitrogens with zero attached hydrogens (tertiary/aromatic N) is 5. The number of benzene rings is 2. The van der Waals surface area contributed by atoms with Gasteiger partial charge in [-0.25, -0.2) is 9.59 Å². The molecule has 12 nitrogen and oxygen atoms in total. The molecule has 4 N–H and O–H groups in total. The Labute approximate surface area is 312 Å². The monoisotopic (exact) mass is 765 g/mol. The molecule has 0 aliphatic heterocycles. The molecule has 0 spiro atoms. The maximum atomic E-state index is 12.8. The summed E-state index contributed by atoms with van der Waals surface area (Å²) in [5.74, 6) is -2.04. The van der Waals surface area contributed by atoms with E-state index in [1.165, 1.54) is 17.2 Å². The lowest BCUT2D eigenvalue weighted by atomic mass is 9.70. The first-order valence-electron chi connectivity index (χ1n) is 17.4. The number of nitrogen functional groups attached to an aromatic ring is 1. The number of amides is 1. The fourth-order valence-electron chi connectivity index (χ4n) is 7.20. The summed E-state index contributed by atoms with van der Waals surface area (Å²) in [6, 6.07) is 12.8. The molecule has 3 heterocycles. The van der Waals surface area contributed by atoms with Crippen molar-refractivity contribution >= 4 is 56.7 Å². The van der Waals surface area contributed by atoms with Gasteiger partial charge in [-0.1, -0.05) is 28.5 Å². The van der Waals surface area contributed by atoms with Crippen molar-refractivity contribution in [2.75, 3.05) is 24.7 Å². The molecule has 2 unspecified atom stereocenters. The van der Waals surface area contributed by atoms with E-state index < -0.39 is 17.8 Å². The number of carbonyl (C=O) groups excluding carboxylic acids is 1. The first-order valence-corrected chi connectivity index (χ1v) is 17.8. The number of alkyl halides is 3.